The fraction of sp³-hybridized carbons (Fsp3) is 0.300. The van der Waals surface area contributed by atoms with E-state index in [4.69, 9.17) is 4.98 Å². The van der Waals surface area contributed by atoms with Gasteiger partial charge in [0.2, 0.25) is 5.91 Å². The maximum atomic E-state index is 13.7. The summed E-state index contributed by atoms with van der Waals surface area (Å²) in [6.07, 6.45) is 0. The number of aromatic nitrogens is 1. The Morgan fingerprint density at radius 3 is 2.58 bits per heavy atom. The van der Waals surface area contributed by atoms with Crippen LogP contribution in [0, 0.1) is 11.7 Å². The van der Waals surface area contributed by atoms with Crippen molar-refractivity contribution in [1.29, 1.82) is 0 Å². The summed E-state index contributed by atoms with van der Waals surface area (Å²) >= 11 is 4.83. The minimum Gasteiger partial charge on any atom is -0.329 e. The van der Waals surface area contributed by atoms with Crippen LogP contribution in [-0.4, -0.2) is 15.8 Å². The maximum absolute atomic E-state index is 13.7. The van der Waals surface area contributed by atoms with Crippen LogP contribution in [0.2, 0.25) is 0 Å². The lowest BCUT2D eigenvalue weighted by molar-refractivity contribution is -0.133. The van der Waals surface area contributed by atoms with Gasteiger partial charge in [-0.15, -0.1) is 11.3 Å². The van der Waals surface area contributed by atoms with Crippen molar-refractivity contribution in [1.82, 2.24) is 9.88 Å². The molecule has 0 radical (unpaired) electrons. The lowest BCUT2D eigenvalue weighted by Gasteiger charge is -2.32. The van der Waals surface area contributed by atoms with Gasteiger partial charge in [0.1, 0.15) is 10.8 Å². The van der Waals surface area contributed by atoms with Crippen LogP contribution in [0.25, 0.3) is 10.2 Å². The normalized spacial score (nSPS) is 12.5. The van der Waals surface area contributed by atoms with Gasteiger partial charge in [-0.1, -0.05) is 44.2 Å². The number of carbonyl (C=O) groups excluding carboxylic acids is 1. The van der Waals surface area contributed by atoms with Gasteiger partial charge in [0, 0.05) is 17.9 Å². The van der Waals surface area contributed by atoms with E-state index in [9.17, 15) is 9.18 Å². The van der Waals surface area contributed by atoms with Gasteiger partial charge >= 0.3 is 0 Å². The van der Waals surface area contributed by atoms with Crippen molar-refractivity contribution in [2.75, 3.05) is 0 Å². The molecule has 0 aliphatic rings. The van der Waals surface area contributed by atoms with Gasteiger partial charge in [-0.05, 0) is 39.5 Å². The van der Waals surface area contributed by atoms with E-state index in [1.807, 2.05) is 35.2 Å². The SMILES string of the molecule is CC(=O)N(Cc1ccccc1)C(c1nc2c(Br)cc(F)cc2s1)C(C)C. The van der Waals surface area contributed by atoms with Gasteiger partial charge in [0.15, 0.2) is 0 Å². The molecular formula is C20H20BrFN2OS. The largest absolute Gasteiger partial charge is 0.329 e. The van der Waals surface area contributed by atoms with Crippen molar-refractivity contribution < 1.29 is 9.18 Å². The minimum atomic E-state index is -0.298. The Bertz CT molecular complexity index is 926. The minimum absolute atomic E-state index is 0.00273. The zero-order valence-corrected chi connectivity index (χ0v) is 17.3. The molecule has 0 bridgehead atoms. The highest BCUT2D eigenvalue weighted by Crippen LogP contribution is 2.37. The number of thiazole rings is 1. The van der Waals surface area contributed by atoms with Crippen molar-refractivity contribution >= 4 is 43.4 Å². The fourth-order valence-corrected chi connectivity index (χ4v) is 5.02. The molecule has 0 spiro atoms. The van der Waals surface area contributed by atoms with E-state index in [1.165, 1.54) is 23.5 Å². The summed E-state index contributed by atoms with van der Waals surface area (Å²) < 4.78 is 15.1. The first-order valence-electron chi connectivity index (χ1n) is 8.43. The number of benzene rings is 2. The van der Waals surface area contributed by atoms with Crippen molar-refractivity contribution in [2.24, 2.45) is 5.92 Å². The van der Waals surface area contributed by atoms with E-state index in [-0.39, 0.29) is 23.7 Å². The molecule has 3 rings (SSSR count). The average molecular weight is 435 g/mol. The van der Waals surface area contributed by atoms with Crippen LogP contribution in [0.3, 0.4) is 0 Å². The molecule has 1 atom stereocenters. The number of rotatable bonds is 5. The predicted octanol–water partition coefficient (Wildman–Crippen LogP) is 5.94. The molecule has 0 aliphatic carbocycles. The number of amides is 1. The Balaban J connectivity index is 2.04. The summed E-state index contributed by atoms with van der Waals surface area (Å²) in [5.74, 6) is -0.128. The molecule has 0 aliphatic heterocycles. The first kappa shape index (κ1) is 19.0. The maximum Gasteiger partial charge on any atom is 0.220 e. The van der Waals surface area contributed by atoms with E-state index >= 15 is 0 Å². The van der Waals surface area contributed by atoms with Crippen molar-refractivity contribution in [3.63, 3.8) is 0 Å². The quantitative estimate of drug-likeness (QED) is 0.497. The molecule has 0 fully saturated rings. The fourth-order valence-electron chi connectivity index (χ4n) is 3.06. The molecule has 1 unspecified atom stereocenters. The lowest BCUT2D eigenvalue weighted by Crippen LogP contribution is -2.35. The third-order valence-corrected chi connectivity index (χ3v) is 5.93. The third-order valence-electron chi connectivity index (χ3n) is 4.25. The molecule has 0 saturated carbocycles. The zero-order valence-electron chi connectivity index (χ0n) is 14.9. The Hall–Kier alpha value is -1.79. The van der Waals surface area contributed by atoms with Gasteiger partial charge in [-0.3, -0.25) is 4.79 Å². The second kappa shape index (κ2) is 7.84. The first-order chi connectivity index (χ1) is 12.4. The Morgan fingerprint density at radius 2 is 1.96 bits per heavy atom. The van der Waals surface area contributed by atoms with Crippen molar-refractivity contribution in [2.45, 2.75) is 33.4 Å². The number of carbonyl (C=O) groups is 1. The van der Waals surface area contributed by atoms with E-state index in [0.717, 1.165) is 20.8 Å². The number of hydrogen-bond acceptors (Lipinski definition) is 3. The van der Waals surface area contributed by atoms with Gasteiger partial charge in [-0.25, -0.2) is 9.37 Å². The van der Waals surface area contributed by atoms with Gasteiger partial charge < -0.3 is 4.90 Å². The number of hydrogen-bond donors (Lipinski definition) is 0. The number of nitrogens with zero attached hydrogens (tertiary/aromatic N) is 2. The molecule has 2 aromatic carbocycles. The summed E-state index contributed by atoms with van der Waals surface area (Å²) in [6, 6.07) is 12.7. The molecule has 1 amide bonds. The molecule has 3 aromatic rings. The predicted molar refractivity (Wildman–Crippen MR) is 108 cm³/mol. The van der Waals surface area contributed by atoms with Crippen LogP contribution in [0.1, 0.15) is 37.4 Å². The smallest absolute Gasteiger partial charge is 0.220 e. The summed E-state index contributed by atoms with van der Waals surface area (Å²) in [5, 5.41) is 0.826. The van der Waals surface area contributed by atoms with E-state index < -0.39 is 0 Å². The summed E-state index contributed by atoms with van der Waals surface area (Å²) in [7, 11) is 0. The molecule has 1 aromatic heterocycles. The topological polar surface area (TPSA) is 33.2 Å². The molecule has 0 N–H and O–H groups in total. The van der Waals surface area contributed by atoms with E-state index in [0.29, 0.717) is 11.0 Å². The van der Waals surface area contributed by atoms with Gasteiger partial charge in [0.05, 0.1) is 16.3 Å². The Kier molecular flexibility index (Phi) is 5.73. The van der Waals surface area contributed by atoms with E-state index in [2.05, 4.69) is 29.8 Å². The standard InChI is InChI=1S/C20H20BrFN2OS/c1-12(2)19(24(13(3)25)11-14-7-5-4-6-8-14)20-23-18-16(21)9-15(22)10-17(18)26-20/h4-10,12,19H,11H2,1-3H3. The molecule has 1 heterocycles. The van der Waals surface area contributed by atoms with Crippen LogP contribution < -0.4 is 0 Å². The van der Waals surface area contributed by atoms with Gasteiger partial charge in [-0.2, -0.15) is 0 Å². The number of halogens is 2. The Labute approximate surface area is 165 Å². The average Bonchev–Trinajstić information content (AvgIpc) is 2.98. The molecule has 26 heavy (non-hydrogen) atoms. The van der Waals surface area contributed by atoms with Crippen LogP contribution in [0.4, 0.5) is 4.39 Å². The Morgan fingerprint density at radius 1 is 1.27 bits per heavy atom. The molecule has 3 nitrogen and oxygen atoms in total. The van der Waals surface area contributed by atoms with Crippen LogP contribution in [-0.2, 0) is 11.3 Å². The van der Waals surface area contributed by atoms with E-state index in [1.54, 1.807) is 6.92 Å². The second-order valence-corrected chi connectivity index (χ2v) is 8.52. The van der Waals surface area contributed by atoms with Crippen LogP contribution in [0.5, 0.6) is 0 Å². The summed E-state index contributed by atoms with van der Waals surface area (Å²) in [5.41, 5.74) is 1.81. The number of fused-ring (bicyclic) bond motifs is 1. The first-order valence-corrected chi connectivity index (χ1v) is 10.0. The molecular weight excluding hydrogens is 415 g/mol. The summed E-state index contributed by atoms with van der Waals surface area (Å²) in [4.78, 5) is 19.0. The third kappa shape index (κ3) is 3.96. The van der Waals surface area contributed by atoms with Crippen LogP contribution in [0.15, 0.2) is 46.9 Å². The highest BCUT2D eigenvalue weighted by atomic mass is 79.9. The molecule has 136 valence electrons. The molecule has 6 heteroatoms. The summed E-state index contributed by atoms with van der Waals surface area (Å²) in [6.45, 7) is 6.26. The second-order valence-electron chi connectivity index (χ2n) is 6.61. The lowest BCUT2D eigenvalue weighted by atomic mass is 10.0. The van der Waals surface area contributed by atoms with Crippen molar-refractivity contribution in [3.05, 3.63) is 63.3 Å². The highest BCUT2D eigenvalue weighted by Gasteiger charge is 2.29. The van der Waals surface area contributed by atoms with Gasteiger partial charge in [0.25, 0.3) is 0 Å². The molecule has 0 saturated heterocycles. The highest BCUT2D eigenvalue weighted by molar-refractivity contribution is 9.10. The monoisotopic (exact) mass is 434 g/mol. The zero-order chi connectivity index (χ0) is 18.8. The van der Waals surface area contributed by atoms with Crippen LogP contribution >= 0.6 is 27.3 Å². The van der Waals surface area contributed by atoms with Crippen molar-refractivity contribution in [3.8, 4) is 0 Å².